The van der Waals surface area contributed by atoms with E-state index in [1.54, 1.807) is 44.4 Å². The van der Waals surface area contributed by atoms with Crippen LogP contribution in [0.3, 0.4) is 0 Å². The lowest BCUT2D eigenvalue weighted by molar-refractivity contribution is -0.131. The zero-order chi connectivity index (χ0) is 32.7. The first kappa shape index (κ1) is 31.2. The molecule has 3 amide bonds. The zero-order valence-corrected chi connectivity index (χ0v) is 27.1. The number of sulfone groups is 1. The maximum atomic E-state index is 14.4. The molecule has 2 atom stereocenters. The number of hydrogen-bond acceptors (Lipinski definition) is 8. The van der Waals surface area contributed by atoms with Crippen LogP contribution in [-0.2, 0) is 21.2 Å². The molecule has 1 aromatic heterocycles. The van der Waals surface area contributed by atoms with Gasteiger partial charge in [-0.3, -0.25) is 4.79 Å². The van der Waals surface area contributed by atoms with Crippen LogP contribution in [-0.4, -0.2) is 68.1 Å². The molecule has 1 fully saturated rings. The second kappa shape index (κ2) is 12.2. The van der Waals surface area contributed by atoms with Crippen LogP contribution in [0.4, 0.5) is 22.0 Å². The summed E-state index contributed by atoms with van der Waals surface area (Å²) in [6, 6.07) is 16.7. The SMILES string of the molecule is COc1ccc2cc1[C@H](C)CN(C)C(=O)Nc1ccc(S(=O)(=O)C3CC3)c(c1)CN(C)C(=O)[C@@H]2Nc1ccc2c(N)nccc2c1. The topological polar surface area (TPSA) is 147 Å². The molecule has 0 saturated heterocycles. The number of urea groups is 1. The first-order valence-electron chi connectivity index (χ1n) is 15.2. The zero-order valence-electron chi connectivity index (χ0n) is 26.3. The minimum Gasteiger partial charge on any atom is -0.496 e. The molecule has 6 rings (SSSR count). The lowest BCUT2D eigenvalue weighted by atomic mass is 9.94. The molecule has 0 spiro atoms. The summed E-state index contributed by atoms with van der Waals surface area (Å²) in [5, 5.41) is 7.57. The lowest BCUT2D eigenvalue weighted by Gasteiger charge is -2.28. The van der Waals surface area contributed by atoms with Crippen molar-refractivity contribution in [3.05, 3.63) is 83.6 Å². The maximum absolute atomic E-state index is 14.4. The highest BCUT2D eigenvalue weighted by Gasteiger charge is 2.38. The number of carbonyl (C=O) groups is 2. The van der Waals surface area contributed by atoms with Gasteiger partial charge in [0.15, 0.2) is 9.84 Å². The van der Waals surface area contributed by atoms with E-state index in [2.05, 4.69) is 15.6 Å². The number of rotatable bonds is 5. The number of methoxy groups -OCH3 is 1. The number of ether oxygens (including phenoxy) is 1. The second-order valence-corrected chi connectivity index (χ2v) is 14.4. The van der Waals surface area contributed by atoms with Gasteiger partial charge in [0.1, 0.15) is 17.6 Å². The monoisotopic (exact) mass is 642 g/mol. The molecule has 1 aliphatic carbocycles. The molecular weight excluding hydrogens is 604 g/mol. The fourth-order valence-electron chi connectivity index (χ4n) is 6.04. The molecule has 3 aromatic carbocycles. The minimum atomic E-state index is -3.59. The molecule has 4 bridgehead atoms. The first-order chi connectivity index (χ1) is 22.0. The van der Waals surface area contributed by atoms with Gasteiger partial charge in [0, 0.05) is 56.1 Å². The van der Waals surface area contributed by atoms with Gasteiger partial charge >= 0.3 is 6.03 Å². The highest BCUT2D eigenvalue weighted by Crippen LogP contribution is 2.37. The molecular formula is C34H38N6O5S. The molecule has 4 N–H and O–H groups in total. The number of benzene rings is 3. The van der Waals surface area contributed by atoms with E-state index in [1.807, 2.05) is 49.4 Å². The maximum Gasteiger partial charge on any atom is 0.321 e. The third kappa shape index (κ3) is 6.04. The molecule has 2 aliphatic rings. The van der Waals surface area contributed by atoms with Gasteiger partial charge in [0.25, 0.3) is 0 Å². The Balaban J connectivity index is 1.47. The summed E-state index contributed by atoms with van der Waals surface area (Å²) in [6.45, 7) is 2.37. The van der Waals surface area contributed by atoms with Crippen molar-refractivity contribution < 1.29 is 22.7 Å². The highest BCUT2D eigenvalue weighted by atomic mass is 32.2. The van der Waals surface area contributed by atoms with E-state index in [-0.39, 0.29) is 29.3 Å². The Morgan fingerprint density at radius 1 is 1.00 bits per heavy atom. The number of nitrogen functional groups attached to an aromatic ring is 1. The molecule has 0 unspecified atom stereocenters. The third-order valence-corrected chi connectivity index (χ3v) is 11.1. The molecule has 4 aromatic rings. The molecule has 11 nitrogen and oxygen atoms in total. The highest BCUT2D eigenvalue weighted by molar-refractivity contribution is 7.92. The van der Waals surface area contributed by atoms with Crippen LogP contribution in [0.2, 0.25) is 0 Å². The van der Waals surface area contributed by atoms with Crippen molar-refractivity contribution in [2.45, 2.75) is 48.4 Å². The Bertz CT molecular complexity index is 1940. The van der Waals surface area contributed by atoms with Crippen molar-refractivity contribution in [1.82, 2.24) is 14.8 Å². The van der Waals surface area contributed by atoms with Gasteiger partial charge < -0.3 is 30.9 Å². The van der Waals surface area contributed by atoms with Crippen molar-refractivity contribution in [3.8, 4) is 5.75 Å². The van der Waals surface area contributed by atoms with Crippen LogP contribution in [0.1, 0.15) is 48.4 Å². The molecule has 1 aliphatic heterocycles. The van der Waals surface area contributed by atoms with Crippen molar-refractivity contribution in [2.75, 3.05) is 44.1 Å². The van der Waals surface area contributed by atoms with E-state index in [0.717, 1.165) is 16.3 Å². The summed E-state index contributed by atoms with van der Waals surface area (Å²) >= 11 is 0. The van der Waals surface area contributed by atoms with Gasteiger partial charge in [-0.05, 0) is 89.5 Å². The smallest absolute Gasteiger partial charge is 0.321 e. The average molecular weight is 643 g/mol. The van der Waals surface area contributed by atoms with Gasteiger partial charge in [0.2, 0.25) is 5.91 Å². The van der Waals surface area contributed by atoms with Gasteiger partial charge in [-0.25, -0.2) is 18.2 Å². The molecule has 12 heteroatoms. The van der Waals surface area contributed by atoms with E-state index in [9.17, 15) is 18.0 Å². The standard InChI is InChI=1S/C34H38N6O5S/c1-20-18-40(3)34(42)38-25-7-12-30(46(43,44)26-8-9-26)23(16-25)19-39(2)33(41)31(22-5-11-29(45-4)28(20)17-22)37-24-6-10-27-21(15-24)13-14-36-32(27)35/h5-7,10-17,20,26,31,37H,8-9,18-19H2,1-4H3,(H2,35,36)(H,38,42)/t20-,31-/m1/s1. The van der Waals surface area contributed by atoms with Gasteiger partial charge in [-0.1, -0.05) is 13.0 Å². The number of pyridine rings is 1. The number of amides is 3. The summed E-state index contributed by atoms with van der Waals surface area (Å²) < 4.78 is 32.6. The number of anilines is 3. The van der Waals surface area contributed by atoms with Crippen LogP contribution >= 0.6 is 0 Å². The summed E-state index contributed by atoms with van der Waals surface area (Å²) in [7, 11) is 1.36. The fourth-order valence-corrected chi connectivity index (χ4v) is 7.91. The number of hydrogen-bond donors (Lipinski definition) is 3. The lowest BCUT2D eigenvalue weighted by Crippen LogP contribution is -2.35. The number of nitrogens with one attached hydrogen (secondary N) is 2. The Labute approximate surface area is 268 Å². The third-order valence-electron chi connectivity index (χ3n) is 8.73. The quantitative estimate of drug-likeness (QED) is 0.271. The summed E-state index contributed by atoms with van der Waals surface area (Å²) in [6.07, 6.45) is 2.86. The van der Waals surface area contributed by atoms with E-state index < -0.39 is 21.1 Å². The molecule has 2 heterocycles. The summed E-state index contributed by atoms with van der Waals surface area (Å²) in [5.41, 5.74) is 9.19. The Hall–Kier alpha value is -4.84. The van der Waals surface area contributed by atoms with Gasteiger partial charge in [-0.15, -0.1) is 0 Å². The van der Waals surface area contributed by atoms with E-state index in [4.69, 9.17) is 10.5 Å². The fraction of sp³-hybridized carbons (Fsp3) is 0.324. The number of fused-ring (bicyclic) bond motifs is 5. The van der Waals surface area contributed by atoms with Crippen molar-refractivity contribution in [2.24, 2.45) is 0 Å². The number of nitrogens with two attached hydrogens (primary N) is 1. The Morgan fingerprint density at radius 2 is 1.78 bits per heavy atom. The summed E-state index contributed by atoms with van der Waals surface area (Å²) in [5.74, 6) is 0.639. The Kier molecular flexibility index (Phi) is 8.24. The number of likely N-dealkylation sites (N-methyl/N-ethyl adjacent to an activating group) is 2. The predicted octanol–water partition coefficient (Wildman–Crippen LogP) is 5.15. The van der Waals surface area contributed by atoms with Crippen LogP contribution in [0.5, 0.6) is 5.75 Å². The van der Waals surface area contributed by atoms with Crippen LogP contribution < -0.4 is 21.1 Å². The second-order valence-electron chi connectivity index (χ2n) is 12.2. The number of carbonyl (C=O) groups excluding carboxylic acids is 2. The molecule has 240 valence electrons. The Morgan fingerprint density at radius 3 is 2.52 bits per heavy atom. The van der Waals surface area contributed by atoms with Gasteiger partial charge in [0.05, 0.1) is 17.3 Å². The molecule has 46 heavy (non-hydrogen) atoms. The van der Waals surface area contributed by atoms with Crippen molar-refractivity contribution >= 4 is 49.7 Å². The van der Waals surface area contributed by atoms with Crippen molar-refractivity contribution in [3.63, 3.8) is 0 Å². The van der Waals surface area contributed by atoms with E-state index in [0.29, 0.717) is 53.5 Å². The van der Waals surface area contributed by atoms with Crippen LogP contribution in [0, 0.1) is 0 Å². The minimum absolute atomic E-state index is 0.0111. The van der Waals surface area contributed by atoms with Crippen LogP contribution in [0.15, 0.2) is 71.8 Å². The normalized spacial score (nSPS) is 19.3. The van der Waals surface area contributed by atoms with E-state index in [1.165, 1.54) is 11.0 Å². The molecule has 0 radical (unpaired) electrons. The van der Waals surface area contributed by atoms with Crippen LogP contribution in [0.25, 0.3) is 10.8 Å². The predicted molar refractivity (Wildman–Crippen MR) is 179 cm³/mol. The largest absolute Gasteiger partial charge is 0.496 e. The van der Waals surface area contributed by atoms with E-state index >= 15 is 0 Å². The van der Waals surface area contributed by atoms with Crippen molar-refractivity contribution in [1.29, 1.82) is 0 Å². The first-order valence-corrected chi connectivity index (χ1v) is 16.7. The molecule has 1 saturated carbocycles. The summed E-state index contributed by atoms with van der Waals surface area (Å²) in [4.78, 5) is 35.1. The number of aromatic nitrogens is 1. The van der Waals surface area contributed by atoms with Gasteiger partial charge in [-0.2, -0.15) is 0 Å². The average Bonchev–Trinajstić information content (AvgIpc) is 3.89. The number of nitrogens with zero attached hydrogens (tertiary/aromatic N) is 3.